The fourth-order valence-electron chi connectivity index (χ4n) is 2.19. The number of nitriles is 1. The minimum absolute atomic E-state index is 0.0976. The molecule has 7 heteroatoms. The topological polar surface area (TPSA) is 69.0 Å². The van der Waals surface area contributed by atoms with Crippen LogP contribution in [0.5, 0.6) is 0 Å². The minimum atomic E-state index is -0.238. The molecule has 0 aliphatic carbocycles. The van der Waals surface area contributed by atoms with E-state index >= 15 is 0 Å². The fraction of sp³-hybridized carbons (Fsp3) is 0.462. The largest absolute Gasteiger partial charge is 0.349 e. The average Bonchev–Trinajstić information content (AvgIpc) is 2.44. The maximum absolute atomic E-state index is 12.1. The van der Waals surface area contributed by atoms with Gasteiger partial charge in [0.05, 0.1) is 23.2 Å². The minimum Gasteiger partial charge on any atom is -0.349 e. The Balaban J connectivity index is 1.93. The number of nitrogens with one attached hydrogen (secondary N) is 1. The molecule has 1 aromatic heterocycles. The highest BCUT2D eigenvalue weighted by molar-refractivity contribution is 6.35. The first-order chi connectivity index (χ1) is 9.60. The summed E-state index contributed by atoms with van der Waals surface area (Å²) in [7, 11) is 0. The van der Waals surface area contributed by atoms with E-state index in [-0.39, 0.29) is 22.1 Å². The number of hydrogen-bond donors (Lipinski definition) is 1. The number of aromatic nitrogens is 1. The van der Waals surface area contributed by atoms with Crippen LogP contribution in [-0.2, 0) is 0 Å². The molecule has 1 aliphatic heterocycles. The van der Waals surface area contributed by atoms with Crippen molar-refractivity contribution in [2.24, 2.45) is 0 Å². The molecule has 1 fully saturated rings. The zero-order chi connectivity index (χ0) is 14.5. The lowest BCUT2D eigenvalue weighted by Crippen LogP contribution is -2.44. The number of pyridine rings is 1. The zero-order valence-electron chi connectivity index (χ0n) is 10.8. The molecular formula is C13H14Cl2N4O. The monoisotopic (exact) mass is 312 g/mol. The second kappa shape index (κ2) is 6.89. The van der Waals surface area contributed by atoms with Crippen molar-refractivity contribution in [3.8, 4) is 6.07 Å². The summed E-state index contributed by atoms with van der Waals surface area (Å²) in [5, 5.41) is 12.1. The molecule has 1 aliphatic rings. The molecule has 2 rings (SSSR count). The lowest BCUT2D eigenvalue weighted by molar-refractivity contribution is 0.0914. The molecule has 2 heterocycles. The molecule has 1 amide bonds. The molecule has 1 saturated heterocycles. The van der Waals surface area contributed by atoms with Crippen molar-refractivity contribution >= 4 is 29.1 Å². The van der Waals surface area contributed by atoms with Gasteiger partial charge in [-0.15, -0.1) is 0 Å². The van der Waals surface area contributed by atoms with Gasteiger partial charge in [-0.1, -0.05) is 23.2 Å². The van der Waals surface area contributed by atoms with E-state index in [1.54, 1.807) is 0 Å². The predicted molar refractivity (Wildman–Crippen MR) is 76.8 cm³/mol. The molecule has 0 radical (unpaired) electrons. The molecule has 0 saturated carbocycles. The van der Waals surface area contributed by atoms with Gasteiger partial charge in [0.2, 0.25) is 0 Å². The van der Waals surface area contributed by atoms with E-state index in [9.17, 15) is 4.79 Å². The van der Waals surface area contributed by atoms with Gasteiger partial charge >= 0.3 is 0 Å². The molecule has 5 nitrogen and oxygen atoms in total. The van der Waals surface area contributed by atoms with E-state index in [4.69, 9.17) is 28.5 Å². The van der Waals surface area contributed by atoms with Crippen LogP contribution in [0.2, 0.25) is 10.2 Å². The highest BCUT2D eigenvalue weighted by Crippen LogP contribution is 2.19. The molecule has 0 atom stereocenters. The second-order valence-corrected chi connectivity index (χ2v) is 5.46. The molecule has 0 unspecified atom stereocenters. The standard InChI is InChI=1S/C13H14Cl2N4O/c14-11-8-17-12(15)7-10(11)13(20)18-9-1-4-19(5-2-9)6-3-16/h7-9H,1-2,4-6H2,(H,18,20). The highest BCUT2D eigenvalue weighted by Gasteiger charge is 2.22. The smallest absolute Gasteiger partial charge is 0.253 e. The van der Waals surface area contributed by atoms with Gasteiger partial charge in [-0.05, 0) is 18.9 Å². The van der Waals surface area contributed by atoms with E-state index < -0.39 is 0 Å². The summed E-state index contributed by atoms with van der Waals surface area (Å²) >= 11 is 11.7. The first-order valence-corrected chi connectivity index (χ1v) is 7.07. The lowest BCUT2D eigenvalue weighted by atomic mass is 10.0. The Morgan fingerprint density at radius 3 is 2.85 bits per heavy atom. The maximum atomic E-state index is 12.1. The molecule has 1 N–H and O–H groups in total. The Hall–Kier alpha value is -1.35. The van der Waals surface area contributed by atoms with E-state index in [2.05, 4.69) is 21.3 Å². The van der Waals surface area contributed by atoms with Crippen LogP contribution in [0.3, 0.4) is 0 Å². The Labute approximate surface area is 127 Å². The first kappa shape index (κ1) is 15.0. The summed E-state index contributed by atoms with van der Waals surface area (Å²) in [6, 6.07) is 3.69. The molecule has 1 aromatic rings. The number of likely N-dealkylation sites (tertiary alicyclic amines) is 1. The maximum Gasteiger partial charge on any atom is 0.253 e. The first-order valence-electron chi connectivity index (χ1n) is 6.31. The summed E-state index contributed by atoms with van der Waals surface area (Å²) in [6.07, 6.45) is 3.02. The SMILES string of the molecule is N#CCN1CCC(NC(=O)c2cc(Cl)ncc2Cl)CC1. The summed E-state index contributed by atoms with van der Waals surface area (Å²) in [4.78, 5) is 18.0. The van der Waals surface area contributed by atoms with E-state index in [1.165, 1.54) is 12.3 Å². The number of hydrogen-bond acceptors (Lipinski definition) is 4. The van der Waals surface area contributed by atoms with Crippen LogP contribution in [0.25, 0.3) is 0 Å². The number of carbonyl (C=O) groups is 1. The summed E-state index contributed by atoms with van der Waals surface area (Å²) in [6.45, 7) is 2.05. The third kappa shape index (κ3) is 3.83. The second-order valence-electron chi connectivity index (χ2n) is 4.67. The van der Waals surface area contributed by atoms with Gasteiger partial charge in [-0.2, -0.15) is 5.26 Å². The van der Waals surface area contributed by atoms with Gasteiger partial charge in [0, 0.05) is 25.3 Å². The van der Waals surface area contributed by atoms with Crippen molar-refractivity contribution in [1.82, 2.24) is 15.2 Å². The van der Waals surface area contributed by atoms with Crippen molar-refractivity contribution in [1.29, 1.82) is 5.26 Å². The van der Waals surface area contributed by atoms with E-state index in [1.807, 2.05) is 0 Å². The summed E-state index contributed by atoms with van der Waals surface area (Å²) in [5.41, 5.74) is 0.339. The van der Waals surface area contributed by atoms with Gasteiger partial charge in [0.1, 0.15) is 5.15 Å². The summed E-state index contributed by atoms with van der Waals surface area (Å²) in [5.74, 6) is -0.238. The van der Waals surface area contributed by atoms with Crippen LogP contribution in [0.15, 0.2) is 12.3 Å². The van der Waals surface area contributed by atoms with E-state index in [0.29, 0.717) is 12.1 Å². The van der Waals surface area contributed by atoms with Crippen LogP contribution < -0.4 is 5.32 Å². The van der Waals surface area contributed by atoms with Gasteiger partial charge in [-0.25, -0.2) is 4.98 Å². The number of nitrogens with zero attached hydrogens (tertiary/aromatic N) is 3. The Bertz CT molecular complexity index is 536. The molecule has 106 valence electrons. The number of amides is 1. The van der Waals surface area contributed by atoms with Crippen LogP contribution in [0.4, 0.5) is 0 Å². The molecule has 0 aromatic carbocycles. The lowest BCUT2D eigenvalue weighted by Gasteiger charge is -2.30. The third-order valence-electron chi connectivity index (χ3n) is 3.28. The van der Waals surface area contributed by atoms with Gasteiger partial charge < -0.3 is 5.32 Å². The van der Waals surface area contributed by atoms with Crippen LogP contribution in [0.1, 0.15) is 23.2 Å². The van der Waals surface area contributed by atoms with Gasteiger partial charge in [0.25, 0.3) is 5.91 Å². The van der Waals surface area contributed by atoms with Crippen molar-refractivity contribution < 1.29 is 4.79 Å². The number of carbonyl (C=O) groups excluding carboxylic acids is 1. The van der Waals surface area contributed by atoms with Crippen LogP contribution >= 0.6 is 23.2 Å². The average molecular weight is 313 g/mol. The quantitative estimate of drug-likeness (QED) is 0.685. The third-order valence-corrected chi connectivity index (χ3v) is 3.79. The number of halogens is 2. The fourth-order valence-corrected chi connectivity index (χ4v) is 2.53. The highest BCUT2D eigenvalue weighted by atomic mass is 35.5. The van der Waals surface area contributed by atoms with Crippen LogP contribution in [0, 0.1) is 11.3 Å². The van der Waals surface area contributed by atoms with Crippen molar-refractivity contribution in [3.63, 3.8) is 0 Å². The molecule has 0 spiro atoms. The van der Waals surface area contributed by atoms with E-state index in [0.717, 1.165) is 25.9 Å². The number of piperidine rings is 1. The summed E-state index contributed by atoms with van der Waals surface area (Å²) < 4.78 is 0. The Kier molecular flexibility index (Phi) is 5.18. The Morgan fingerprint density at radius 1 is 1.50 bits per heavy atom. The zero-order valence-corrected chi connectivity index (χ0v) is 12.3. The normalized spacial score (nSPS) is 16.6. The van der Waals surface area contributed by atoms with Crippen molar-refractivity contribution in [3.05, 3.63) is 28.0 Å². The van der Waals surface area contributed by atoms with Crippen LogP contribution in [-0.4, -0.2) is 41.5 Å². The van der Waals surface area contributed by atoms with Crippen molar-refractivity contribution in [2.45, 2.75) is 18.9 Å². The van der Waals surface area contributed by atoms with Gasteiger partial charge in [-0.3, -0.25) is 9.69 Å². The molecule has 20 heavy (non-hydrogen) atoms. The molecule has 0 bridgehead atoms. The Morgan fingerprint density at radius 2 is 2.20 bits per heavy atom. The molecular weight excluding hydrogens is 299 g/mol. The number of rotatable bonds is 3. The predicted octanol–water partition coefficient (Wildman–Crippen LogP) is 2.11. The van der Waals surface area contributed by atoms with Gasteiger partial charge in [0.15, 0.2) is 0 Å². The van der Waals surface area contributed by atoms with Crippen molar-refractivity contribution in [2.75, 3.05) is 19.6 Å².